The van der Waals surface area contributed by atoms with Crippen molar-refractivity contribution < 1.29 is 20.4 Å². The van der Waals surface area contributed by atoms with Gasteiger partial charge < -0.3 is 20.4 Å². The third kappa shape index (κ3) is 11.4. The van der Waals surface area contributed by atoms with Crippen LogP contribution in [-0.2, 0) is 0 Å². The molecule has 0 saturated heterocycles. The monoisotopic (exact) mass is 289 g/mol. The average Bonchev–Trinajstić information content (AvgIpc) is 2.45. The molecule has 5 nitrogen and oxygen atoms in total. The first-order chi connectivity index (χ1) is 9.63. The lowest BCUT2D eigenvalue weighted by molar-refractivity contribution is 0.0228. The fourth-order valence-corrected chi connectivity index (χ4v) is 1.97. The third-order valence-electron chi connectivity index (χ3n) is 3.08. The Hall–Kier alpha value is -0.460. The van der Waals surface area contributed by atoms with Gasteiger partial charge in [0.15, 0.2) is 0 Å². The number of aliphatic hydroxyl groups excluding tert-OH is 4. The minimum Gasteiger partial charge on any atom is -0.394 e. The van der Waals surface area contributed by atoms with E-state index in [4.69, 9.17) is 10.2 Å². The van der Waals surface area contributed by atoms with Gasteiger partial charge in [-0.15, -0.1) is 0 Å². The largest absolute Gasteiger partial charge is 0.394 e. The Kier molecular flexibility index (Phi) is 13.2. The normalized spacial score (nSPS) is 15.1. The van der Waals surface area contributed by atoms with Crippen molar-refractivity contribution >= 4 is 0 Å². The van der Waals surface area contributed by atoms with Gasteiger partial charge in [0.25, 0.3) is 0 Å². The molecule has 4 N–H and O–H groups in total. The third-order valence-corrected chi connectivity index (χ3v) is 3.08. The van der Waals surface area contributed by atoms with Crippen molar-refractivity contribution in [1.29, 1.82) is 0 Å². The Morgan fingerprint density at radius 1 is 0.900 bits per heavy atom. The van der Waals surface area contributed by atoms with E-state index in [-0.39, 0.29) is 13.2 Å². The van der Waals surface area contributed by atoms with E-state index < -0.39 is 12.2 Å². The van der Waals surface area contributed by atoms with Crippen LogP contribution in [0.2, 0.25) is 0 Å². The van der Waals surface area contributed by atoms with Crippen LogP contribution < -0.4 is 0 Å². The van der Waals surface area contributed by atoms with E-state index >= 15 is 0 Å². The van der Waals surface area contributed by atoms with E-state index in [1.807, 2.05) is 4.90 Å². The molecule has 120 valence electrons. The summed E-state index contributed by atoms with van der Waals surface area (Å²) in [6.45, 7) is 2.96. The van der Waals surface area contributed by atoms with Crippen LogP contribution in [0.25, 0.3) is 0 Å². The second-order valence-electron chi connectivity index (χ2n) is 5.19. The van der Waals surface area contributed by atoms with Crippen LogP contribution in [0.4, 0.5) is 0 Å². The zero-order valence-electron chi connectivity index (χ0n) is 12.6. The lowest BCUT2D eigenvalue weighted by atomic mass is 10.2. The highest BCUT2D eigenvalue weighted by Gasteiger charge is 2.14. The van der Waals surface area contributed by atoms with Crippen molar-refractivity contribution in [3.8, 4) is 0 Å². The van der Waals surface area contributed by atoms with E-state index in [1.54, 1.807) is 0 Å². The highest BCUT2D eigenvalue weighted by atomic mass is 16.3. The Morgan fingerprint density at radius 2 is 1.45 bits per heavy atom. The van der Waals surface area contributed by atoms with Crippen molar-refractivity contribution in [3.05, 3.63) is 12.2 Å². The Balaban J connectivity index is 3.90. The van der Waals surface area contributed by atoms with Gasteiger partial charge in [0, 0.05) is 13.1 Å². The number of hydrogen-bond acceptors (Lipinski definition) is 5. The summed E-state index contributed by atoms with van der Waals surface area (Å²) in [7, 11) is 0. The van der Waals surface area contributed by atoms with Crippen LogP contribution >= 0.6 is 0 Å². The zero-order valence-corrected chi connectivity index (χ0v) is 12.6. The molecular formula is C15H31NO4. The first kappa shape index (κ1) is 19.5. The van der Waals surface area contributed by atoms with Gasteiger partial charge in [-0.05, 0) is 32.2 Å². The molecule has 0 spiro atoms. The molecule has 0 aromatic carbocycles. The van der Waals surface area contributed by atoms with Crippen LogP contribution in [0.5, 0.6) is 0 Å². The summed E-state index contributed by atoms with van der Waals surface area (Å²) in [5, 5.41) is 36.7. The van der Waals surface area contributed by atoms with E-state index in [9.17, 15) is 10.2 Å². The molecule has 0 saturated carbocycles. The summed E-state index contributed by atoms with van der Waals surface area (Å²) in [4.78, 5) is 1.89. The predicted molar refractivity (Wildman–Crippen MR) is 80.5 cm³/mol. The second-order valence-corrected chi connectivity index (χ2v) is 5.19. The molecular weight excluding hydrogens is 258 g/mol. The quantitative estimate of drug-likeness (QED) is 0.293. The van der Waals surface area contributed by atoms with Gasteiger partial charge in [0.05, 0.1) is 25.4 Å². The maximum Gasteiger partial charge on any atom is 0.0897 e. The topological polar surface area (TPSA) is 84.2 Å². The van der Waals surface area contributed by atoms with E-state index in [2.05, 4.69) is 19.1 Å². The lowest BCUT2D eigenvalue weighted by Crippen LogP contribution is -2.40. The molecule has 0 aliphatic heterocycles. The van der Waals surface area contributed by atoms with E-state index in [1.165, 1.54) is 6.42 Å². The van der Waals surface area contributed by atoms with Gasteiger partial charge in [-0.25, -0.2) is 0 Å². The molecule has 0 aromatic heterocycles. The maximum absolute atomic E-state index is 9.47. The highest BCUT2D eigenvalue weighted by Crippen LogP contribution is 2.03. The number of aliphatic hydroxyl groups is 4. The summed E-state index contributed by atoms with van der Waals surface area (Å²) in [6, 6.07) is 0. The average molecular weight is 289 g/mol. The summed E-state index contributed by atoms with van der Waals surface area (Å²) in [5.74, 6) is 0. The van der Waals surface area contributed by atoms with Crippen molar-refractivity contribution in [1.82, 2.24) is 4.90 Å². The van der Waals surface area contributed by atoms with Crippen LogP contribution in [0, 0.1) is 0 Å². The zero-order chi connectivity index (χ0) is 15.2. The Morgan fingerprint density at radius 3 is 1.95 bits per heavy atom. The van der Waals surface area contributed by atoms with Crippen LogP contribution in [0.1, 0.15) is 39.0 Å². The van der Waals surface area contributed by atoms with Crippen LogP contribution in [0.3, 0.4) is 0 Å². The van der Waals surface area contributed by atoms with Crippen molar-refractivity contribution in [2.45, 2.75) is 51.2 Å². The molecule has 0 aromatic rings. The first-order valence-electron chi connectivity index (χ1n) is 7.59. The molecule has 20 heavy (non-hydrogen) atoms. The van der Waals surface area contributed by atoms with Crippen LogP contribution in [-0.4, -0.2) is 70.4 Å². The Bertz CT molecular complexity index is 224. The van der Waals surface area contributed by atoms with Gasteiger partial charge in [-0.1, -0.05) is 25.5 Å². The molecule has 0 fully saturated rings. The molecule has 0 amide bonds. The van der Waals surface area contributed by atoms with Crippen molar-refractivity contribution in [3.63, 3.8) is 0 Å². The molecule has 0 rings (SSSR count). The smallest absolute Gasteiger partial charge is 0.0897 e. The maximum atomic E-state index is 9.47. The molecule has 0 heterocycles. The molecule has 0 radical (unpaired) electrons. The predicted octanol–water partition coefficient (Wildman–Crippen LogP) is 0.521. The fraction of sp³-hybridized carbons (Fsp3) is 0.867. The minimum atomic E-state index is -0.801. The fourth-order valence-electron chi connectivity index (χ4n) is 1.97. The number of allylic oxidation sites excluding steroid dienone is 2. The summed E-state index contributed by atoms with van der Waals surface area (Å²) in [5.41, 5.74) is 0. The summed E-state index contributed by atoms with van der Waals surface area (Å²) < 4.78 is 0. The molecule has 0 aliphatic rings. The van der Waals surface area contributed by atoms with Crippen molar-refractivity contribution in [2.75, 3.05) is 32.8 Å². The van der Waals surface area contributed by atoms with Gasteiger partial charge in [0.2, 0.25) is 0 Å². The Labute approximate surface area is 122 Å². The number of hydrogen-bond donors (Lipinski definition) is 4. The second kappa shape index (κ2) is 13.5. The number of unbranched alkanes of at least 4 members (excludes halogenated alkanes) is 3. The van der Waals surface area contributed by atoms with E-state index in [0.29, 0.717) is 13.1 Å². The standard InChI is InChI=1S/C15H31NO4/c1-2-3-4-5-6-7-8-9-16(10-14(19)12-17)11-15(20)13-18/h4-5,14-15,17-20H,2-3,6-13H2,1H3/b5-4+. The molecule has 2 atom stereocenters. The number of rotatable bonds is 13. The molecule has 5 heteroatoms. The van der Waals surface area contributed by atoms with Crippen LogP contribution in [0.15, 0.2) is 12.2 Å². The van der Waals surface area contributed by atoms with E-state index in [0.717, 1.165) is 32.2 Å². The van der Waals surface area contributed by atoms with Gasteiger partial charge in [-0.3, -0.25) is 4.90 Å². The SMILES string of the molecule is CCC/C=C/CCCCN(CC(O)CO)CC(O)CO. The molecule has 0 bridgehead atoms. The molecule has 0 aliphatic carbocycles. The summed E-state index contributed by atoms with van der Waals surface area (Å²) in [6.07, 6.45) is 8.14. The highest BCUT2D eigenvalue weighted by molar-refractivity contribution is 4.81. The summed E-state index contributed by atoms with van der Waals surface area (Å²) >= 11 is 0. The van der Waals surface area contributed by atoms with Gasteiger partial charge >= 0.3 is 0 Å². The van der Waals surface area contributed by atoms with Gasteiger partial charge in [0.1, 0.15) is 0 Å². The molecule has 2 unspecified atom stereocenters. The van der Waals surface area contributed by atoms with Gasteiger partial charge in [-0.2, -0.15) is 0 Å². The number of nitrogens with zero attached hydrogens (tertiary/aromatic N) is 1. The minimum absolute atomic E-state index is 0.286. The van der Waals surface area contributed by atoms with Crippen molar-refractivity contribution in [2.24, 2.45) is 0 Å². The lowest BCUT2D eigenvalue weighted by Gasteiger charge is -2.26. The first-order valence-corrected chi connectivity index (χ1v) is 7.59.